The minimum atomic E-state index is -0.407. The van der Waals surface area contributed by atoms with Crippen molar-refractivity contribution in [1.29, 1.82) is 5.26 Å². The third-order valence-corrected chi connectivity index (χ3v) is 2.60. The predicted molar refractivity (Wildman–Crippen MR) is 66.8 cm³/mol. The summed E-state index contributed by atoms with van der Waals surface area (Å²) in [7, 11) is 0. The molecule has 0 unspecified atom stereocenters. The van der Waals surface area contributed by atoms with Crippen molar-refractivity contribution < 1.29 is 9.53 Å². The fraction of sp³-hybridized carbons (Fsp3) is 0.231. The standard InChI is InChI=1S/C13H12N4O2/c1-3-19-13(18)12-8-16-17(9(12)2)11-4-10(5-14)6-15-7-11/h4,6-8H,3H2,1-2H3. The van der Waals surface area contributed by atoms with Crippen molar-refractivity contribution in [3.8, 4) is 11.8 Å². The topological polar surface area (TPSA) is 80.8 Å². The maximum atomic E-state index is 11.7. The molecule has 6 nitrogen and oxygen atoms in total. The lowest BCUT2D eigenvalue weighted by molar-refractivity contribution is 0.0525. The van der Waals surface area contributed by atoms with Crippen molar-refractivity contribution >= 4 is 5.97 Å². The summed E-state index contributed by atoms with van der Waals surface area (Å²) >= 11 is 0. The molecule has 19 heavy (non-hydrogen) atoms. The molecule has 96 valence electrons. The highest BCUT2D eigenvalue weighted by Crippen LogP contribution is 2.15. The van der Waals surface area contributed by atoms with Crippen LogP contribution in [0.4, 0.5) is 0 Å². The molecule has 0 aromatic carbocycles. The van der Waals surface area contributed by atoms with Gasteiger partial charge in [0.25, 0.3) is 0 Å². The number of pyridine rings is 1. The zero-order chi connectivity index (χ0) is 13.8. The third-order valence-electron chi connectivity index (χ3n) is 2.60. The van der Waals surface area contributed by atoms with E-state index in [0.717, 1.165) is 0 Å². The molecule has 2 rings (SSSR count). The highest BCUT2D eigenvalue weighted by Gasteiger charge is 2.16. The van der Waals surface area contributed by atoms with Crippen LogP contribution in [0.1, 0.15) is 28.5 Å². The Morgan fingerprint density at radius 2 is 2.26 bits per heavy atom. The molecule has 2 aromatic rings. The average Bonchev–Trinajstić information content (AvgIpc) is 2.81. The lowest BCUT2D eigenvalue weighted by Crippen LogP contribution is -2.07. The van der Waals surface area contributed by atoms with Crippen molar-refractivity contribution in [3.05, 3.63) is 41.5 Å². The number of esters is 1. The van der Waals surface area contributed by atoms with Gasteiger partial charge in [-0.3, -0.25) is 4.98 Å². The number of nitriles is 1. The molecular weight excluding hydrogens is 244 g/mol. The maximum absolute atomic E-state index is 11.7. The lowest BCUT2D eigenvalue weighted by Gasteiger charge is -2.05. The normalized spacial score (nSPS) is 9.95. The van der Waals surface area contributed by atoms with Crippen LogP contribution in [-0.2, 0) is 4.74 Å². The number of rotatable bonds is 3. The van der Waals surface area contributed by atoms with Crippen molar-refractivity contribution in [2.75, 3.05) is 6.61 Å². The van der Waals surface area contributed by atoms with Gasteiger partial charge in [0.1, 0.15) is 11.6 Å². The molecule has 0 saturated carbocycles. The summed E-state index contributed by atoms with van der Waals surface area (Å²) < 4.78 is 6.50. The molecule has 0 bridgehead atoms. The van der Waals surface area contributed by atoms with Gasteiger partial charge < -0.3 is 4.74 Å². The van der Waals surface area contributed by atoms with Crippen LogP contribution in [0.25, 0.3) is 5.69 Å². The Bertz CT molecular complexity index is 655. The summed E-state index contributed by atoms with van der Waals surface area (Å²) in [5, 5.41) is 13.0. The first kappa shape index (κ1) is 12.8. The molecule has 0 amide bonds. The molecular formula is C13H12N4O2. The Hall–Kier alpha value is -2.68. The molecule has 0 aliphatic heterocycles. The first-order valence-electron chi connectivity index (χ1n) is 5.74. The van der Waals surface area contributed by atoms with E-state index in [-0.39, 0.29) is 0 Å². The van der Waals surface area contributed by atoms with Gasteiger partial charge in [-0.1, -0.05) is 0 Å². The van der Waals surface area contributed by atoms with E-state index in [0.29, 0.717) is 29.1 Å². The molecule has 0 atom stereocenters. The van der Waals surface area contributed by atoms with Crippen LogP contribution in [0.5, 0.6) is 0 Å². The molecule has 0 aliphatic rings. The minimum absolute atomic E-state index is 0.314. The lowest BCUT2D eigenvalue weighted by atomic mass is 10.2. The smallest absolute Gasteiger partial charge is 0.341 e. The van der Waals surface area contributed by atoms with E-state index in [1.807, 2.05) is 6.07 Å². The minimum Gasteiger partial charge on any atom is -0.462 e. The van der Waals surface area contributed by atoms with Crippen molar-refractivity contribution in [1.82, 2.24) is 14.8 Å². The average molecular weight is 256 g/mol. The summed E-state index contributed by atoms with van der Waals surface area (Å²) in [6.07, 6.45) is 4.50. The molecule has 2 heterocycles. The van der Waals surface area contributed by atoms with Crippen LogP contribution >= 0.6 is 0 Å². The summed E-state index contributed by atoms with van der Waals surface area (Å²) in [6, 6.07) is 3.67. The van der Waals surface area contributed by atoms with Crippen LogP contribution in [0.3, 0.4) is 0 Å². The van der Waals surface area contributed by atoms with E-state index in [1.54, 1.807) is 30.8 Å². The van der Waals surface area contributed by atoms with Crippen LogP contribution in [0.2, 0.25) is 0 Å². The van der Waals surface area contributed by atoms with Crippen LogP contribution in [0.15, 0.2) is 24.7 Å². The second-order valence-corrected chi connectivity index (χ2v) is 3.82. The summed E-state index contributed by atoms with van der Waals surface area (Å²) in [5.41, 5.74) is 2.12. The number of ether oxygens (including phenoxy) is 1. The summed E-state index contributed by atoms with van der Waals surface area (Å²) in [5.74, 6) is -0.407. The Morgan fingerprint density at radius 1 is 1.47 bits per heavy atom. The fourth-order valence-electron chi connectivity index (χ4n) is 1.68. The number of carbonyl (C=O) groups excluding carboxylic acids is 1. The van der Waals surface area contributed by atoms with E-state index in [2.05, 4.69) is 10.1 Å². The first-order chi connectivity index (χ1) is 9.17. The van der Waals surface area contributed by atoms with Crippen molar-refractivity contribution in [2.45, 2.75) is 13.8 Å². The number of hydrogen-bond donors (Lipinski definition) is 0. The quantitative estimate of drug-likeness (QED) is 0.779. The maximum Gasteiger partial charge on any atom is 0.341 e. The number of hydrogen-bond acceptors (Lipinski definition) is 5. The molecule has 0 radical (unpaired) electrons. The molecule has 6 heteroatoms. The Balaban J connectivity index is 2.42. The summed E-state index contributed by atoms with van der Waals surface area (Å²) in [6.45, 7) is 3.82. The van der Waals surface area contributed by atoms with E-state index >= 15 is 0 Å². The second kappa shape index (κ2) is 5.31. The third kappa shape index (κ3) is 2.45. The molecule has 0 aliphatic carbocycles. The highest BCUT2D eigenvalue weighted by molar-refractivity contribution is 5.90. The second-order valence-electron chi connectivity index (χ2n) is 3.82. The summed E-state index contributed by atoms with van der Waals surface area (Å²) in [4.78, 5) is 15.7. The predicted octanol–water partition coefficient (Wildman–Crippen LogP) is 1.62. The zero-order valence-corrected chi connectivity index (χ0v) is 10.6. The number of aromatic nitrogens is 3. The largest absolute Gasteiger partial charge is 0.462 e. The molecule has 0 N–H and O–H groups in total. The zero-order valence-electron chi connectivity index (χ0n) is 10.6. The number of nitrogens with zero attached hydrogens (tertiary/aromatic N) is 4. The van der Waals surface area contributed by atoms with Gasteiger partial charge in [-0.15, -0.1) is 0 Å². The van der Waals surface area contributed by atoms with Crippen molar-refractivity contribution in [3.63, 3.8) is 0 Å². The monoisotopic (exact) mass is 256 g/mol. The van der Waals surface area contributed by atoms with E-state index in [9.17, 15) is 4.79 Å². The van der Waals surface area contributed by atoms with Gasteiger partial charge in [0, 0.05) is 6.20 Å². The van der Waals surface area contributed by atoms with Gasteiger partial charge in [-0.05, 0) is 19.9 Å². The Kier molecular flexibility index (Phi) is 3.57. The Labute approximate surface area is 110 Å². The van der Waals surface area contributed by atoms with Gasteiger partial charge in [-0.2, -0.15) is 10.4 Å². The van der Waals surface area contributed by atoms with Crippen LogP contribution < -0.4 is 0 Å². The first-order valence-corrected chi connectivity index (χ1v) is 5.74. The van der Waals surface area contributed by atoms with Crippen LogP contribution in [0, 0.1) is 18.3 Å². The molecule has 0 spiro atoms. The van der Waals surface area contributed by atoms with Gasteiger partial charge in [0.15, 0.2) is 0 Å². The van der Waals surface area contributed by atoms with Gasteiger partial charge >= 0.3 is 5.97 Å². The van der Waals surface area contributed by atoms with Gasteiger partial charge in [0.2, 0.25) is 0 Å². The van der Waals surface area contributed by atoms with Crippen LogP contribution in [-0.4, -0.2) is 27.3 Å². The molecule has 2 aromatic heterocycles. The van der Waals surface area contributed by atoms with Gasteiger partial charge in [-0.25, -0.2) is 9.48 Å². The van der Waals surface area contributed by atoms with Gasteiger partial charge in [0.05, 0.1) is 35.9 Å². The fourth-order valence-corrected chi connectivity index (χ4v) is 1.68. The molecule has 0 saturated heterocycles. The highest BCUT2D eigenvalue weighted by atomic mass is 16.5. The van der Waals surface area contributed by atoms with E-state index in [1.165, 1.54) is 12.4 Å². The van der Waals surface area contributed by atoms with Crippen molar-refractivity contribution in [2.24, 2.45) is 0 Å². The Morgan fingerprint density at radius 3 is 2.95 bits per heavy atom. The van der Waals surface area contributed by atoms with E-state index < -0.39 is 5.97 Å². The van der Waals surface area contributed by atoms with E-state index in [4.69, 9.17) is 10.00 Å². The number of carbonyl (C=O) groups is 1. The molecule has 0 fully saturated rings. The SMILES string of the molecule is CCOC(=O)c1cnn(-c2cncc(C#N)c2)c1C.